The fraction of sp³-hybridized carbons (Fsp3) is 1.00. The predicted molar refractivity (Wildman–Crippen MR) is 83.4 cm³/mol. The first kappa shape index (κ1) is 15.3. The summed E-state index contributed by atoms with van der Waals surface area (Å²) in [5, 5.41) is 3.60. The van der Waals surface area contributed by atoms with Gasteiger partial charge in [0, 0.05) is 12.6 Å². The maximum atomic E-state index is 3.60. The van der Waals surface area contributed by atoms with E-state index >= 15 is 0 Å². The molecule has 2 aliphatic rings. The molecule has 2 fully saturated rings. The highest BCUT2D eigenvalue weighted by atomic mass is 15.1. The van der Waals surface area contributed by atoms with Gasteiger partial charge in [0.25, 0.3) is 0 Å². The molecule has 1 saturated carbocycles. The van der Waals surface area contributed by atoms with Gasteiger partial charge in [-0.15, -0.1) is 0 Å². The molecular formula is C17H34N2. The van der Waals surface area contributed by atoms with Crippen LogP contribution in [0.5, 0.6) is 0 Å². The van der Waals surface area contributed by atoms with Crippen LogP contribution in [0.25, 0.3) is 0 Å². The summed E-state index contributed by atoms with van der Waals surface area (Å²) >= 11 is 0. The van der Waals surface area contributed by atoms with Crippen molar-refractivity contribution < 1.29 is 0 Å². The first-order valence-corrected chi connectivity index (χ1v) is 8.46. The normalized spacial score (nSPS) is 36.3. The monoisotopic (exact) mass is 266 g/mol. The van der Waals surface area contributed by atoms with Crippen LogP contribution in [0.15, 0.2) is 0 Å². The Labute approximate surface area is 120 Å². The van der Waals surface area contributed by atoms with Gasteiger partial charge in [-0.2, -0.15) is 0 Å². The van der Waals surface area contributed by atoms with Gasteiger partial charge >= 0.3 is 0 Å². The summed E-state index contributed by atoms with van der Waals surface area (Å²) < 4.78 is 0. The molecule has 0 spiro atoms. The van der Waals surface area contributed by atoms with Crippen molar-refractivity contribution in [2.24, 2.45) is 17.3 Å². The van der Waals surface area contributed by atoms with Crippen molar-refractivity contribution in [2.75, 3.05) is 26.7 Å². The summed E-state index contributed by atoms with van der Waals surface area (Å²) in [6, 6.07) is 0.706. The van der Waals surface area contributed by atoms with E-state index in [0.717, 1.165) is 11.8 Å². The molecule has 0 bridgehead atoms. The number of nitrogens with zero attached hydrogens (tertiary/aromatic N) is 1. The van der Waals surface area contributed by atoms with Crippen molar-refractivity contribution in [3.05, 3.63) is 0 Å². The lowest BCUT2D eigenvalue weighted by molar-refractivity contribution is 0.191. The Morgan fingerprint density at radius 3 is 2.63 bits per heavy atom. The molecule has 3 unspecified atom stereocenters. The van der Waals surface area contributed by atoms with Crippen LogP contribution in [0.4, 0.5) is 0 Å². The molecule has 1 heterocycles. The van der Waals surface area contributed by atoms with E-state index in [0.29, 0.717) is 11.5 Å². The topological polar surface area (TPSA) is 15.3 Å². The third-order valence-corrected chi connectivity index (χ3v) is 5.79. The molecule has 0 amide bonds. The van der Waals surface area contributed by atoms with Crippen LogP contribution in [0.2, 0.25) is 0 Å². The molecule has 0 aromatic rings. The van der Waals surface area contributed by atoms with E-state index in [1.54, 1.807) is 0 Å². The molecule has 0 aromatic carbocycles. The predicted octanol–water partition coefficient (Wildman–Crippen LogP) is 3.52. The Morgan fingerprint density at radius 1 is 1.16 bits per heavy atom. The standard InChI is InChI=1S/C17H34N2/c1-5-14-7-6-11-19(12-9-14)13-15-8-10-17(2,3)16(15)18-4/h14-16,18H,5-13H2,1-4H3. The van der Waals surface area contributed by atoms with Gasteiger partial charge in [-0.1, -0.05) is 27.2 Å². The Bertz CT molecular complexity index is 274. The minimum absolute atomic E-state index is 0.483. The molecule has 0 aromatic heterocycles. The molecule has 3 atom stereocenters. The van der Waals surface area contributed by atoms with Gasteiger partial charge < -0.3 is 10.2 Å². The van der Waals surface area contributed by atoms with Crippen LogP contribution in [-0.2, 0) is 0 Å². The summed E-state index contributed by atoms with van der Waals surface area (Å²) in [6.45, 7) is 11.2. The highest BCUT2D eigenvalue weighted by molar-refractivity contribution is 4.96. The van der Waals surface area contributed by atoms with Crippen molar-refractivity contribution in [1.82, 2.24) is 10.2 Å². The maximum Gasteiger partial charge on any atom is 0.0156 e. The molecule has 1 saturated heterocycles. The molecule has 1 N–H and O–H groups in total. The molecular weight excluding hydrogens is 232 g/mol. The number of rotatable bonds is 4. The van der Waals surface area contributed by atoms with Gasteiger partial charge in [-0.25, -0.2) is 0 Å². The minimum Gasteiger partial charge on any atom is -0.316 e. The second-order valence-corrected chi connectivity index (χ2v) is 7.56. The lowest BCUT2D eigenvalue weighted by Gasteiger charge is -2.33. The van der Waals surface area contributed by atoms with Crippen LogP contribution in [0.1, 0.15) is 59.3 Å². The average Bonchev–Trinajstić information content (AvgIpc) is 2.55. The highest BCUT2D eigenvalue weighted by Gasteiger charge is 2.41. The molecule has 1 aliphatic carbocycles. The summed E-state index contributed by atoms with van der Waals surface area (Å²) in [5.41, 5.74) is 0.483. The van der Waals surface area contributed by atoms with Gasteiger partial charge in [0.2, 0.25) is 0 Å². The minimum atomic E-state index is 0.483. The number of likely N-dealkylation sites (tertiary alicyclic amines) is 1. The lowest BCUT2D eigenvalue weighted by Crippen LogP contribution is -2.44. The first-order chi connectivity index (χ1) is 9.06. The van der Waals surface area contributed by atoms with Crippen LogP contribution in [0, 0.1) is 17.3 Å². The zero-order valence-corrected chi connectivity index (χ0v) is 13.5. The van der Waals surface area contributed by atoms with Gasteiger partial charge in [0.1, 0.15) is 0 Å². The Kier molecular flexibility index (Phi) is 5.30. The van der Waals surface area contributed by atoms with Crippen LogP contribution >= 0.6 is 0 Å². The molecule has 0 radical (unpaired) electrons. The van der Waals surface area contributed by atoms with E-state index in [-0.39, 0.29) is 0 Å². The number of nitrogens with one attached hydrogen (secondary N) is 1. The summed E-state index contributed by atoms with van der Waals surface area (Å²) in [7, 11) is 2.15. The van der Waals surface area contributed by atoms with E-state index in [4.69, 9.17) is 0 Å². The van der Waals surface area contributed by atoms with Crippen molar-refractivity contribution in [1.29, 1.82) is 0 Å². The highest BCUT2D eigenvalue weighted by Crippen LogP contribution is 2.41. The van der Waals surface area contributed by atoms with Crippen molar-refractivity contribution in [2.45, 2.75) is 65.3 Å². The number of hydrogen-bond acceptors (Lipinski definition) is 2. The molecule has 2 rings (SSSR count). The van der Waals surface area contributed by atoms with Gasteiger partial charge in [0.05, 0.1) is 0 Å². The third kappa shape index (κ3) is 3.72. The molecule has 2 heteroatoms. The second kappa shape index (κ2) is 6.58. The van der Waals surface area contributed by atoms with Crippen LogP contribution in [0.3, 0.4) is 0 Å². The first-order valence-electron chi connectivity index (χ1n) is 8.46. The Morgan fingerprint density at radius 2 is 1.95 bits per heavy atom. The van der Waals surface area contributed by atoms with Crippen LogP contribution in [-0.4, -0.2) is 37.6 Å². The van der Waals surface area contributed by atoms with E-state index < -0.39 is 0 Å². The van der Waals surface area contributed by atoms with Gasteiger partial charge in [-0.05, 0) is 69.5 Å². The van der Waals surface area contributed by atoms with Gasteiger partial charge in [0.15, 0.2) is 0 Å². The SMILES string of the molecule is CCC1CCCN(CC2CCC(C)(C)C2NC)CC1. The summed E-state index contributed by atoms with van der Waals surface area (Å²) in [4.78, 5) is 2.76. The van der Waals surface area contributed by atoms with E-state index in [1.807, 2.05) is 0 Å². The third-order valence-electron chi connectivity index (χ3n) is 5.79. The van der Waals surface area contributed by atoms with Crippen molar-refractivity contribution in [3.63, 3.8) is 0 Å². The largest absolute Gasteiger partial charge is 0.316 e. The average molecular weight is 266 g/mol. The van der Waals surface area contributed by atoms with Crippen LogP contribution < -0.4 is 5.32 Å². The Balaban J connectivity index is 1.87. The fourth-order valence-electron chi connectivity index (χ4n) is 4.49. The zero-order valence-electron chi connectivity index (χ0n) is 13.5. The molecule has 112 valence electrons. The van der Waals surface area contributed by atoms with E-state index in [9.17, 15) is 0 Å². The van der Waals surface area contributed by atoms with E-state index in [1.165, 1.54) is 58.2 Å². The second-order valence-electron chi connectivity index (χ2n) is 7.56. The molecule has 2 nitrogen and oxygen atoms in total. The van der Waals surface area contributed by atoms with Gasteiger partial charge in [-0.3, -0.25) is 0 Å². The lowest BCUT2D eigenvalue weighted by atomic mass is 9.85. The Hall–Kier alpha value is -0.0800. The quantitative estimate of drug-likeness (QED) is 0.837. The zero-order chi connectivity index (χ0) is 13.9. The number of hydrogen-bond donors (Lipinski definition) is 1. The van der Waals surface area contributed by atoms with E-state index in [2.05, 4.69) is 38.0 Å². The molecule has 19 heavy (non-hydrogen) atoms. The molecule has 1 aliphatic heterocycles. The van der Waals surface area contributed by atoms with Crippen molar-refractivity contribution >= 4 is 0 Å². The fourth-order valence-corrected chi connectivity index (χ4v) is 4.49. The summed E-state index contributed by atoms with van der Waals surface area (Å²) in [6.07, 6.45) is 8.47. The summed E-state index contributed by atoms with van der Waals surface area (Å²) in [5.74, 6) is 1.85. The van der Waals surface area contributed by atoms with Crippen molar-refractivity contribution in [3.8, 4) is 0 Å². The maximum absolute atomic E-state index is 3.60. The smallest absolute Gasteiger partial charge is 0.0156 e.